The van der Waals surface area contributed by atoms with E-state index in [1.165, 1.54) is 4.52 Å². The lowest BCUT2D eigenvalue weighted by molar-refractivity contribution is 0.0714. The van der Waals surface area contributed by atoms with Gasteiger partial charge in [-0.25, -0.2) is 9.50 Å². The van der Waals surface area contributed by atoms with Crippen molar-refractivity contribution in [1.29, 1.82) is 0 Å². The molecule has 8 nitrogen and oxygen atoms in total. The maximum absolute atomic E-state index is 10.4. The summed E-state index contributed by atoms with van der Waals surface area (Å²) in [6.45, 7) is 4.20. The average Bonchev–Trinajstić information content (AvgIpc) is 2.81. The summed E-state index contributed by atoms with van der Waals surface area (Å²) in [5, 5.41) is 17.8. The number of fused-ring (bicyclic) bond motifs is 1. The Kier molecular flexibility index (Phi) is 3.89. The Hall–Kier alpha value is -1.93. The first-order valence-corrected chi connectivity index (χ1v) is 7.23. The van der Waals surface area contributed by atoms with Crippen LogP contribution in [0, 0.1) is 5.92 Å². The number of anilines is 1. The Bertz CT molecular complexity index is 624. The molecule has 114 valence electrons. The first-order valence-electron chi connectivity index (χ1n) is 7.23. The van der Waals surface area contributed by atoms with Gasteiger partial charge in [-0.2, -0.15) is 4.98 Å². The summed E-state index contributed by atoms with van der Waals surface area (Å²) >= 11 is 0. The largest absolute Gasteiger partial charge is 0.462 e. The van der Waals surface area contributed by atoms with Crippen LogP contribution in [0.5, 0.6) is 6.01 Å². The van der Waals surface area contributed by atoms with Crippen LogP contribution in [-0.4, -0.2) is 44.4 Å². The summed E-state index contributed by atoms with van der Waals surface area (Å²) in [5.41, 5.74) is 6.95. The highest BCUT2D eigenvalue weighted by Crippen LogP contribution is 2.26. The lowest BCUT2D eigenvalue weighted by Gasteiger charge is -2.30. The lowest BCUT2D eigenvalue weighted by atomic mass is 9.94. The van der Waals surface area contributed by atoms with Gasteiger partial charge in [0.25, 0.3) is 0 Å². The normalized spacial score (nSPS) is 16.9. The van der Waals surface area contributed by atoms with E-state index >= 15 is 0 Å². The number of hydrogen-bond acceptors (Lipinski definition) is 7. The van der Waals surface area contributed by atoms with Crippen LogP contribution in [0.25, 0.3) is 5.65 Å². The van der Waals surface area contributed by atoms with Gasteiger partial charge in [0.1, 0.15) is 6.10 Å². The molecule has 1 fully saturated rings. The zero-order chi connectivity index (χ0) is 14.8. The molecule has 0 bridgehead atoms. The molecule has 0 aliphatic carbocycles. The smallest absolute Gasteiger partial charge is 0.336 e. The van der Waals surface area contributed by atoms with Crippen molar-refractivity contribution in [3.63, 3.8) is 0 Å². The zero-order valence-electron chi connectivity index (χ0n) is 12.0. The van der Waals surface area contributed by atoms with Crippen molar-refractivity contribution in [3.8, 4) is 6.01 Å². The molecule has 0 spiro atoms. The van der Waals surface area contributed by atoms with E-state index in [4.69, 9.17) is 10.5 Å². The fraction of sp³-hybridized carbons (Fsp3) is 0.615. The average molecular weight is 292 g/mol. The number of hydrogen-bond donors (Lipinski definition) is 3. The molecule has 1 aliphatic heterocycles. The molecule has 1 unspecified atom stereocenters. The van der Waals surface area contributed by atoms with Crippen LogP contribution >= 0.6 is 0 Å². The van der Waals surface area contributed by atoms with Crippen molar-refractivity contribution in [2.24, 2.45) is 5.92 Å². The van der Waals surface area contributed by atoms with Crippen LogP contribution in [0.15, 0.2) is 6.20 Å². The minimum Gasteiger partial charge on any atom is -0.462 e. The number of nitrogens with two attached hydrogens (primary N) is 1. The SMILES string of the molecule is CCCCOc1nc(N)c2ncc(C(O)C3CNC3)n2n1. The number of nitrogen functional groups attached to an aromatic ring is 1. The van der Waals surface area contributed by atoms with Gasteiger partial charge in [0.05, 0.1) is 18.5 Å². The Morgan fingerprint density at radius 1 is 1.57 bits per heavy atom. The number of ether oxygens (including phenoxy) is 1. The molecule has 2 aromatic rings. The summed E-state index contributed by atoms with van der Waals surface area (Å²) in [6.07, 6.45) is 2.92. The van der Waals surface area contributed by atoms with E-state index in [1.54, 1.807) is 6.20 Å². The molecular weight excluding hydrogens is 272 g/mol. The van der Waals surface area contributed by atoms with Gasteiger partial charge in [-0.15, -0.1) is 5.10 Å². The van der Waals surface area contributed by atoms with Crippen LogP contribution < -0.4 is 15.8 Å². The third-order valence-electron chi connectivity index (χ3n) is 3.69. The van der Waals surface area contributed by atoms with Gasteiger partial charge in [-0.3, -0.25) is 0 Å². The van der Waals surface area contributed by atoms with Crippen molar-refractivity contribution in [2.45, 2.75) is 25.9 Å². The van der Waals surface area contributed by atoms with Gasteiger partial charge in [-0.05, 0) is 6.42 Å². The highest BCUT2D eigenvalue weighted by atomic mass is 16.5. The van der Waals surface area contributed by atoms with Gasteiger partial charge in [0, 0.05) is 19.0 Å². The highest BCUT2D eigenvalue weighted by molar-refractivity contribution is 5.59. The first kappa shape index (κ1) is 14.0. The van der Waals surface area contributed by atoms with Gasteiger partial charge in [0.15, 0.2) is 11.5 Å². The second kappa shape index (κ2) is 5.82. The second-order valence-corrected chi connectivity index (χ2v) is 5.26. The quantitative estimate of drug-likeness (QED) is 0.649. The maximum atomic E-state index is 10.4. The number of unbranched alkanes of at least 4 members (excludes halogenated alkanes) is 1. The van der Waals surface area contributed by atoms with Gasteiger partial charge in [-0.1, -0.05) is 13.3 Å². The number of rotatable bonds is 6. The Morgan fingerprint density at radius 3 is 3.05 bits per heavy atom. The molecule has 21 heavy (non-hydrogen) atoms. The lowest BCUT2D eigenvalue weighted by Crippen LogP contribution is -2.45. The monoisotopic (exact) mass is 292 g/mol. The molecule has 3 heterocycles. The van der Waals surface area contributed by atoms with E-state index in [-0.39, 0.29) is 17.7 Å². The number of imidazole rings is 1. The van der Waals surface area contributed by atoms with Gasteiger partial charge in [0.2, 0.25) is 0 Å². The molecule has 0 amide bonds. The summed E-state index contributed by atoms with van der Waals surface area (Å²) in [6, 6.07) is 0.214. The Morgan fingerprint density at radius 2 is 2.38 bits per heavy atom. The maximum Gasteiger partial charge on any atom is 0.336 e. The predicted octanol–water partition coefficient (Wildman–Crippen LogP) is 0.138. The third-order valence-corrected chi connectivity index (χ3v) is 3.69. The summed E-state index contributed by atoms with van der Waals surface area (Å²) in [4.78, 5) is 8.29. The molecular formula is C13H20N6O2. The van der Waals surface area contributed by atoms with Crippen molar-refractivity contribution >= 4 is 11.5 Å². The van der Waals surface area contributed by atoms with Crippen molar-refractivity contribution in [3.05, 3.63) is 11.9 Å². The van der Waals surface area contributed by atoms with E-state index in [9.17, 15) is 5.11 Å². The van der Waals surface area contributed by atoms with Crippen molar-refractivity contribution in [2.75, 3.05) is 25.4 Å². The van der Waals surface area contributed by atoms with Crippen LogP contribution in [0.1, 0.15) is 31.6 Å². The molecule has 1 aliphatic rings. The number of nitrogens with zero attached hydrogens (tertiary/aromatic N) is 4. The summed E-state index contributed by atoms with van der Waals surface area (Å²) in [7, 11) is 0. The number of aliphatic hydroxyl groups excluding tert-OH is 1. The van der Waals surface area contributed by atoms with E-state index in [2.05, 4.69) is 27.3 Å². The molecule has 2 aromatic heterocycles. The van der Waals surface area contributed by atoms with Crippen molar-refractivity contribution < 1.29 is 9.84 Å². The molecule has 8 heteroatoms. The Labute approximate surface area is 122 Å². The minimum atomic E-state index is -0.626. The van der Waals surface area contributed by atoms with E-state index < -0.39 is 6.10 Å². The van der Waals surface area contributed by atoms with E-state index in [0.29, 0.717) is 17.9 Å². The summed E-state index contributed by atoms with van der Waals surface area (Å²) in [5.74, 6) is 0.423. The molecule has 4 N–H and O–H groups in total. The summed E-state index contributed by atoms with van der Waals surface area (Å²) < 4.78 is 7.03. The topological polar surface area (TPSA) is 111 Å². The number of nitrogens with one attached hydrogen (secondary N) is 1. The predicted molar refractivity (Wildman–Crippen MR) is 76.9 cm³/mol. The van der Waals surface area contributed by atoms with Gasteiger partial charge < -0.3 is 20.9 Å². The van der Waals surface area contributed by atoms with Crippen LogP contribution in [0.3, 0.4) is 0 Å². The van der Waals surface area contributed by atoms with Crippen LogP contribution in [0.4, 0.5) is 5.82 Å². The second-order valence-electron chi connectivity index (χ2n) is 5.26. The van der Waals surface area contributed by atoms with E-state index in [0.717, 1.165) is 25.9 Å². The standard InChI is InChI=1S/C13H20N6O2/c1-2-3-4-21-13-17-11(14)12-16-7-9(19(12)18-13)10(20)8-5-15-6-8/h7-8,10,15,20H,2-6H2,1H3,(H2,14,17,18). The third kappa shape index (κ3) is 2.64. The fourth-order valence-electron chi connectivity index (χ4n) is 2.25. The zero-order valence-corrected chi connectivity index (χ0v) is 12.0. The molecule has 1 saturated heterocycles. The molecule has 0 aromatic carbocycles. The molecule has 0 saturated carbocycles. The van der Waals surface area contributed by atoms with Gasteiger partial charge >= 0.3 is 6.01 Å². The highest BCUT2D eigenvalue weighted by Gasteiger charge is 2.29. The van der Waals surface area contributed by atoms with Crippen LogP contribution in [-0.2, 0) is 0 Å². The molecule has 1 atom stereocenters. The van der Waals surface area contributed by atoms with E-state index in [1.807, 2.05) is 0 Å². The Balaban J connectivity index is 1.90. The van der Waals surface area contributed by atoms with Crippen molar-refractivity contribution in [1.82, 2.24) is 24.9 Å². The minimum absolute atomic E-state index is 0.172. The number of aromatic nitrogens is 4. The van der Waals surface area contributed by atoms with Crippen LogP contribution in [0.2, 0.25) is 0 Å². The number of aliphatic hydroxyl groups is 1. The first-order chi connectivity index (χ1) is 10.2. The fourth-order valence-corrected chi connectivity index (χ4v) is 2.25. The molecule has 0 radical (unpaired) electrons. The molecule has 3 rings (SSSR count).